The zero-order valence-corrected chi connectivity index (χ0v) is 12.1. The van der Waals surface area contributed by atoms with E-state index in [4.69, 9.17) is 20.1 Å². The third-order valence-corrected chi connectivity index (χ3v) is 3.11. The van der Waals surface area contributed by atoms with Crippen LogP contribution in [0.5, 0.6) is 11.5 Å². The van der Waals surface area contributed by atoms with Crippen LogP contribution in [0.15, 0.2) is 18.2 Å². The third-order valence-electron chi connectivity index (χ3n) is 3.11. The van der Waals surface area contributed by atoms with Gasteiger partial charge in [0, 0.05) is 6.61 Å². The summed E-state index contributed by atoms with van der Waals surface area (Å²) in [4.78, 5) is 0. The van der Waals surface area contributed by atoms with Gasteiger partial charge in [-0.15, -0.1) is 0 Å². The molecular weight excluding hydrogens is 244 g/mol. The second-order valence-corrected chi connectivity index (χ2v) is 4.12. The van der Waals surface area contributed by atoms with Crippen molar-refractivity contribution in [3.63, 3.8) is 0 Å². The van der Waals surface area contributed by atoms with Crippen LogP contribution in [-0.4, -0.2) is 26.9 Å². The molecule has 1 rings (SSSR count). The minimum atomic E-state index is -0.184. The molecule has 0 amide bonds. The fraction of sp³-hybridized carbons (Fsp3) is 0.571. The minimum absolute atomic E-state index is 0.0415. The highest BCUT2D eigenvalue weighted by Crippen LogP contribution is 2.36. The lowest BCUT2D eigenvalue weighted by molar-refractivity contribution is 0.0301. The molecule has 0 heterocycles. The predicted molar refractivity (Wildman–Crippen MR) is 75.3 cm³/mol. The number of benzene rings is 1. The average Bonchev–Trinajstić information content (AvgIpc) is 2.46. The summed E-state index contributed by atoms with van der Waals surface area (Å²) >= 11 is 0. The lowest BCUT2D eigenvalue weighted by Crippen LogP contribution is -2.38. The summed E-state index contributed by atoms with van der Waals surface area (Å²) < 4.78 is 16.6. The van der Waals surface area contributed by atoms with E-state index in [0.29, 0.717) is 6.61 Å². The Morgan fingerprint density at radius 3 is 2.11 bits per heavy atom. The zero-order valence-electron chi connectivity index (χ0n) is 12.1. The number of methoxy groups -OCH3 is 2. The number of nitrogens with one attached hydrogen (secondary N) is 1. The number of hydrazine groups is 1. The van der Waals surface area contributed by atoms with Gasteiger partial charge in [0.05, 0.1) is 31.9 Å². The van der Waals surface area contributed by atoms with E-state index in [2.05, 4.69) is 12.3 Å². The average molecular weight is 268 g/mol. The van der Waals surface area contributed by atoms with Crippen LogP contribution in [0.4, 0.5) is 0 Å². The topological polar surface area (TPSA) is 65.7 Å². The van der Waals surface area contributed by atoms with Crippen molar-refractivity contribution in [2.45, 2.75) is 32.4 Å². The van der Waals surface area contributed by atoms with Crippen LogP contribution in [0.1, 0.15) is 31.9 Å². The molecule has 0 fully saturated rings. The molecule has 0 aliphatic carbocycles. The molecule has 3 N–H and O–H groups in total. The molecule has 2 unspecified atom stereocenters. The van der Waals surface area contributed by atoms with Gasteiger partial charge < -0.3 is 14.2 Å². The maximum absolute atomic E-state index is 5.74. The SMILES string of the molecule is CCOC(CC)C(NN)c1c(OC)cccc1OC. The van der Waals surface area contributed by atoms with Crippen molar-refractivity contribution < 1.29 is 14.2 Å². The van der Waals surface area contributed by atoms with Gasteiger partial charge in [-0.3, -0.25) is 11.3 Å². The smallest absolute Gasteiger partial charge is 0.127 e. The molecule has 108 valence electrons. The fourth-order valence-corrected chi connectivity index (χ4v) is 2.23. The monoisotopic (exact) mass is 268 g/mol. The van der Waals surface area contributed by atoms with E-state index in [9.17, 15) is 0 Å². The fourth-order valence-electron chi connectivity index (χ4n) is 2.23. The number of hydrogen-bond donors (Lipinski definition) is 2. The maximum atomic E-state index is 5.74. The zero-order chi connectivity index (χ0) is 14.3. The van der Waals surface area contributed by atoms with Crippen LogP contribution in [-0.2, 0) is 4.74 Å². The van der Waals surface area contributed by atoms with Gasteiger partial charge in [0.15, 0.2) is 0 Å². The molecule has 5 heteroatoms. The normalized spacial score (nSPS) is 13.9. The first-order chi connectivity index (χ1) is 9.23. The molecule has 1 aromatic rings. The molecule has 0 spiro atoms. The molecule has 0 aliphatic heterocycles. The summed E-state index contributed by atoms with van der Waals surface area (Å²) in [7, 11) is 3.26. The van der Waals surface area contributed by atoms with Crippen LogP contribution >= 0.6 is 0 Å². The summed E-state index contributed by atoms with van der Waals surface area (Å²) in [6.45, 7) is 4.66. The quantitative estimate of drug-likeness (QED) is 0.558. The van der Waals surface area contributed by atoms with Gasteiger partial charge in [-0.25, -0.2) is 0 Å². The lowest BCUT2D eigenvalue weighted by Gasteiger charge is -2.28. The Kier molecular flexibility index (Phi) is 6.62. The molecule has 19 heavy (non-hydrogen) atoms. The molecule has 2 atom stereocenters. The van der Waals surface area contributed by atoms with Crippen molar-refractivity contribution in [2.24, 2.45) is 5.84 Å². The first kappa shape index (κ1) is 15.8. The Hall–Kier alpha value is -1.30. The Labute approximate surface area is 115 Å². The van der Waals surface area contributed by atoms with Gasteiger partial charge in [-0.05, 0) is 25.5 Å². The van der Waals surface area contributed by atoms with E-state index in [1.165, 1.54) is 0 Å². The second kappa shape index (κ2) is 7.99. The maximum Gasteiger partial charge on any atom is 0.127 e. The molecule has 1 aromatic carbocycles. The van der Waals surface area contributed by atoms with E-state index >= 15 is 0 Å². The highest BCUT2D eigenvalue weighted by molar-refractivity contribution is 5.47. The molecule has 0 bridgehead atoms. The van der Waals surface area contributed by atoms with E-state index in [1.54, 1.807) is 14.2 Å². The van der Waals surface area contributed by atoms with Crippen molar-refractivity contribution in [3.05, 3.63) is 23.8 Å². The van der Waals surface area contributed by atoms with E-state index in [0.717, 1.165) is 23.5 Å². The Bertz CT molecular complexity index is 363. The number of nitrogens with two attached hydrogens (primary N) is 1. The second-order valence-electron chi connectivity index (χ2n) is 4.12. The highest BCUT2D eigenvalue weighted by atomic mass is 16.5. The van der Waals surface area contributed by atoms with E-state index in [-0.39, 0.29) is 12.1 Å². The molecular formula is C14H24N2O3. The lowest BCUT2D eigenvalue weighted by atomic mass is 9.98. The van der Waals surface area contributed by atoms with Crippen molar-refractivity contribution in [1.82, 2.24) is 5.43 Å². The van der Waals surface area contributed by atoms with Crippen molar-refractivity contribution in [1.29, 1.82) is 0 Å². The third kappa shape index (κ3) is 3.59. The van der Waals surface area contributed by atoms with Gasteiger partial charge in [0.1, 0.15) is 11.5 Å². The molecule has 0 saturated carbocycles. The minimum Gasteiger partial charge on any atom is -0.496 e. The summed E-state index contributed by atoms with van der Waals surface area (Å²) in [5.74, 6) is 7.19. The van der Waals surface area contributed by atoms with Crippen molar-refractivity contribution >= 4 is 0 Å². The predicted octanol–water partition coefficient (Wildman–Crippen LogP) is 2.02. The van der Waals surface area contributed by atoms with Gasteiger partial charge in [0.2, 0.25) is 0 Å². The van der Waals surface area contributed by atoms with E-state index < -0.39 is 0 Å². The van der Waals surface area contributed by atoms with Gasteiger partial charge in [-0.2, -0.15) is 0 Å². The van der Waals surface area contributed by atoms with Gasteiger partial charge in [-0.1, -0.05) is 13.0 Å². The molecule has 0 radical (unpaired) electrons. The van der Waals surface area contributed by atoms with Crippen molar-refractivity contribution in [3.8, 4) is 11.5 Å². The molecule has 0 aromatic heterocycles. The first-order valence-electron chi connectivity index (χ1n) is 6.51. The van der Waals surface area contributed by atoms with Crippen LogP contribution in [0.2, 0.25) is 0 Å². The van der Waals surface area contributed by atoms with Crippen LogP contribution < -0.4 is 20.7 Å². The standard InChI is InChI=1S/C14H24N2O3/c1-5-10(19-6-2)14(16-15)13-11(17-3)8-7-9-12(13)18-4/h7-10,14,16H,5-6,15H2,1-4H3. The van der Waals surface area contributed by atoms with Crippen LogP contribution in [0.25, 0.3) is 0 Å². The summed E-state index contributed by atoms with van der Waals surface area (Å²) in [5.41, 5.74) is 3.70. The Balaban J connectivity index is 3.21. The molecule has 5 nitrogen and oxygen atoms in total. The van der Waals surface area contributed by atoms with Crippen LogP contribution in [0.3, 0.4) is 0 Å². The van der Waals surface area contributed by atoms with Gasteiger partial charge >= 0.3 is 0 Å². The Morgan fingerprint density at radius 1 is 1.16 bits per heavy atom. The van der Waals surface area contributed by atoms with Crippen LogP contribution in [0, 0.1) is 0 Å². The molecule has 0 aliphatic rings. The summed E-state index contributed by atoms with van der Waals surface area (Å²) in [6.07, 6.45) is 0.796. The first-order valence-corrected chi connectivity index (χ1v) is 6.51. The van der Waals surface area contributed by atoms with Crippen molar-refractivity contribution in [2.75, 3.05) is 20.8 Å². The van der Waals surface area contributed by atoms with E-state index in [1.807, 2.05) is 25.1 Å². The van der Waals surface area contributed by atoms with Gasteiger partial charge in [0.25, 0.3) is 0 Å². The summed E-state index contributed by atoms with van der Waals surface area (Å²) in [5, 5.41) is 0. The number of rotatable bonds is 8. The largest absolute Gasteiger partial charge is 0.496 e. The Morgan fingerprint density at radius 2 is 1.74 bits per heavy atom. The highest BCUT2D eigenvalue weighted by Gasteiger charge is 2.27. The molecule has 0 saturated heterocycles. The number of hydrogen-bond acceptors (Lipinski definition) is 5. The number of ether oxygens (including phenoxy) is 3. The summed E-state index contributed by atoms with van der Waals surface area (Å²) in [6, 6.07) is 5.48.